The van der Waals surface area contributed by atoms with E-state index in [1.54, 1.807) is 6.20 Å². The van der Waals surface area contributed by atoms with Gasteiger partial charge < -0.3 is 10.1 Å². The summed E-state index contributed by atoms with van der Waals surface area (Å²) in [6.45, 7) is 9.56. The van der Waals surface area contributed by atoms with Crippen molar-refractivity contribution >= 4 is 17.7 Å². The molecular formula is C26H32N4O2S. The number of nitrogens with zero attached hydrogens (tertiary/aromatic N) is 3. The molecule has 3 aromatic rings. The summed E-state index contributed by atoms with van der Waals surface area (Å²) in [4.78, 5) is 19.5. The van der Waals surface area contributed by atoms with Crippen LogP contribution in [0.5, 0.6) is 0 Å². The third-order valence-corrected chi connectivity index (χ3v) is 6.76. The molecule has 4 rings (SSSR count). The second kappa shape index (κ2) is 11.0. The highest BCUT2D eigenvalue weighted by molar-refractivity contribution is 7.99. The van der Waals surface area contributed by atoms with Gasteiger partial charge in [0, 0.05) is 38.6 Å². The van der Waals surface area contributed by atoms with Crippen molar-refractivity contribution in [2.24, 2.45) is 0 Å². The van der Waals surface area contributed by atoms with Crippen LogP contribution < -0.4 is 5.32 Å². The molecule has 0 bridgehead atoms. The topological polar surface area (TPSA) is 59.4 Å². The molecule has 0 saturated carbocycles. The van der Waals surface area contributed by atoms with E-state index in [4.69, 9.17) is 4.74 Å². The van der Waals surface area contributed by atoms with Crippen molar-refractivity contribution in [1.82, 2.24) is 19.8 Å². The standard InChI is InChI=1S/C26H32N4O2S/c1-19-8-4-7-11-24(19)30-13-12-27-26(30)33-18-25(31)28-14-22-9-5-6-10-23(22)17-29-15-20(2)32-21(3)16-29/h4-13,20-21H,14-18H2,1-3H3,(H,28,31). The average molecular weight is 465 g/mol. The number of benzene rings is 2. The molecule has 1 fully saturated rings. The van der Waals surface area contributed by atoms with Gasteiger partial charge in [0.1, 0.15) is 0 Å². The van der Waals surface area contributed by atoms with Crippen molar-refractivity contribution < 1.29 is 9.53 Å². The molecule has 2 unspecified atom stereocenters. The van der Waals surface area contributed by atoms with E-state index in [1.165, 1.54) is 22.9 Å². The summed E-state index contributed by atoms with van der Waals surface area (Å²) in [5, 5.41) is 3.90. The minimum absolute atomic E-state index is 0.00255. The van der Waals surface area contributed by atoms with Crippen LogP contribution in [0.3, 0.4) is 0 Å². The molecule has 174 valence electrons. The Balaban J connectivity index is 1.32. The number of ether oxygens (including phenoxy) is 1. The van der Waals surface area contributed by atoms with E-state index in [-0.39, 0.29) is 18.1 Å². The molecule has 1 aliphatic rings. The lowest BCUT2D eigenvalue weighted by atomic mass is 10.1. The van der Waals surface area contributed by atoms with E-state index < -0.39 is 0 Å². The zero-order chi connectivity index (χ0) is 23.2. The minimum Gasteiger partial charge on any atom is -0.373 e. The van der Waals surface area contributed by atoms with Gasteiger partial charge in [-0.1, -0.05) is 54.2 Å². The van der Waals surface area contributed by atoms with E-state index in [2.05, 4.69) is 66.3 Å². The first-order valence-electron chi connectivity index (χ1n) is 11.4. The summed E-state index contributed by atoms with van der Waals surface area (Å²) in [6.07, 6.45) is 4.19. The normalized spacial score (nSPS) is 18.9. The molecule has 0 spiro atoms. The number of amides is 1. The smallest absolute Gasteiger partial charge is 0.230 e. The maximum Gasteiger partial charge on any atom is 0.230 e. The van der Waals surface area contributed by atoms with Crippen LogP contribution in [0.25, 0.3) is 5.69 Å². The van der Waals surface area contributed by atoms with Crippen molar-refractivity contribution in [1.29, 1.82) is 0 Å². The number of hydrogen-bond acceptors (Lipinski definition) is 5. The predicted octanol–water partition coefficient (Wildman–Crippen LogP) is 4.20. The first kappa shape index (κ1) is 23.5. The number of imidazole rings is 1. The van der Waals surface area contributed by atoms with Crippen LogP contribution in [-0.2, 0) is 22.6 Å². The zero-order valence-corrected chi connectivity index (χ0v) is 20.3. The first-order chi connectivity index (χ1) is 16.0. The fraction of sp³-hybridized carbons (Fsp3) is 0.385. The van der Waals surface area contributed by atoms with Crippen LogP contribution >= 0.6 is 11.8 Å². The molecule has 2 aromatic carbocycles. The Hall–Kier alpha value is -2.61. The average Bonchev–Trinajstić information content (AvgIpc) is 3.25. The monoisotopic (exact) mass is 464 g/mol. The van der Waals surface area contributed by atoms with Gasteiger partial charge in [-0.2, -0.15) is 0 Å². The molecule has 7 heteroatoms. The van der Waals surface area contributed by atoms with Gasteiger partial charge in [-0.25, -0.2) is 4.98 Å². The Morgan fingerprint density at radius 2 is 1.79 bits per heavy atom. The number of aromatic nitrogens is 2. The lowest BCUT2D eigenvalue weighted by Gasteiger charge is -2.35. The molecular weight excluding hydrogens is 432 g/mol. The van der Waals surface area contributed by atoms with Crippen LogP contribution in [0, 0.1) is 6.92 Å². The molecule has 1 saturated heterocycles. The lowest BCUT2D eigenvalue weighted by molar-refractivity contribution is -0.118. The number of nitrogens with one attached hydrogen (secondary N) is 1. The summed E-state index contributed by atoms with van der Waals surface area (Å²) in [7, 11) is 0. The Morgan fingerprint density at radius 3 is 2.55 bits per heavy atom. The summed E-state index contributed by atoms with van der Waals surface area (Å²) in [6, 6.07) is 16.5. The van der Waals surface area contributed by atoms with Gasteiger partial charge in [0.05, 0.1) is 23.6 Å². The molecule has 1 N–H and O–H groups in total. The van der Waals surface area contributed by atoms with Crippen molar-refractivity contribution in [3.05, 3.63) is 77.6 Å². The molecule has 2 atom stereocenters. The zero-order valence-electron chi connectivity index (χ0n) is 19.5. The largest absolute Gasteiger partial charge is 0.373 e. The molecule has 1 aliphatic heterocycles. The van der Waals surface area contributed by atoms with Gasteiger partial charge in [0.2, 0.25) is 5.91 Å². The van der Waals surface area contributed by atoms with Gasteiger partial charge >= 0.3 is 0 Å². The number of hydrogen-bond donors (Lipinski definition) is 1. The van der Waals surface area contributed by atoms with Crippen molar-refractivity contribution in [2.45, 2.75) is 51.2 Å². The number of morpholine rings is 1. The highest BCUT2D eigenvalue weighted by Gasteiger charge is 2.22. The summed E-state index contributed by atoms with van der Waals surface area (Å²) >= 11 is 1.45. The Kier molecular flexibility index (Phi) is 7.85. The van der Waals surface area contributed by atoms with Crippen LogP contribution in [-0.4, -0.2) is 51.4 Å². The number of carbonyl (C=O) groups excluding carboxylic acids is 1. The second-order valence-electron chi connectivity index (χ2n) is 8.65. The van der Waals surface area contributed by atoms with Gasteiger partial charge in [0.25, 0.3) is 0 Å². The van der Waals surface area contributed by atoms with Crippen LogP contribution in [0.4, 0.5) is 0 Å². The molecule has 6 nitrogen and oxygen atoms in total. The molecule has 0 aliphatic carbocycles. The highest BCUT2D eigenvalue weighted by Crippen LogP contribution is 2.22. The molecule has 1 amide bonds. The minimum atomic E-state index is 0.00255. The Labute approximate surface area is 200 Å². The van der Waals surface area contributed by atoms with Crippen molar-refractivity contribution in [3.63, 3.8) is 0 Å². The van der Waals surface area contributed by atoms with Crippen LogP contribution in [0.2, 0.25) is 0 Å². The number of aryl methyl sites for hydroxylation is 1. The maximum absolute atomic E-state index is 12.6. The molecule has 2 heterocycles. The number of thioether (sulfide) groups is 1. The van der Waals surface area contributed by atoms with Gasteiger partial charge in [-0.3, -0.25) is 14.3 Å². The van der Waals surface area contributed by atoms with Crippen molar-refractivity contribution in [3.8, 4) is 5.69 Å². The number of rotatable bonds is 8. The van der Waals surface area contributed by atoms with Crippen molar-refractivity contribution in [2.75, 3.05) is 18.8 Å². The molecule has 0 radical (unpaired) electrons. The fourth-order valence-corrected chi connectivity index (χ4v) is 5.12. The van der Waals surface area contributed by atoms with Gasteiger partial charge in [-0.15, -0.1) is 0 Å². The van der Waals surface area contributed by atoms with Gasteiger partial charge in [-0.05, 0) is 43.5 Å². The first-order valence-corrected chi connectivity index (χ1v) is 12.4. The van der Waals surface area contributed by atoms with Crippen LogP contribution in [0.1, 0.15) is 30.5 Å². The SMILES string of the molecule is Cc1ccccc1-n1ccnc1SCC(=O)NCc1ccccc1CN1CC(C)OC(C)C1. The van der Waals surface area contributed by atoms with Crippen LogP contribution in [0.15, 0.2) is 66.1 Å². The summed E-state index contributed by atoms with van der Waals surface area (Å²) in [5.41, 5.74) is 4.66. The van der Waals surface area contributed by atoms with E-state index in [0.717, 1.165) is 36.0 Å². The lowest BCUT2D eigenvalue weighted by Crippen LogP contribution is -2.45. The fourth-order valence-electron chi connectivity index (χ4n) is 4.33. The van der Waals surface area contributed by atoms with E-state index in [9.17, 15) is 4.79 Å². The number of para-hydroxylation sites is 1. The van der Waals surface area contributed by atoms with E-state index in [1.807, 2.05) is 29.0 Å². The number of carbonyl (C=O) groups is 1. The van der Waals surface area contributed by atoms with E-state index >= 15 is 0 Å². The van der Waals surface area contributed by atoms with E-state index in [0.29, 0.717) is 12.3 Å². The van der Waals surface area contributed by atoms with Gasteiger partial charge in [0.15, 0.2) is 5.16 Å². The quantitative estimate of drug-likeness (QED) is 0.507. The predicted molar refractivity (Wildman–Crippen MR) is 133 cm³/mol. The summed E-state index contributed by atoms with van der Waals surface area (Å²) in [5.74, 6) is 0.326. The highest BCUT2D eigenvalue weighted by atomic mass is 32.2. The Bertz CT molecular complexity index is 1070. The Morgan fingerprint density at radius 1 is 1.09 bits per heavy atom. The third-order valence-electron chi connectivity index (χ3n) is 5.80. The summed E-state index contributed by atoms with van der Waals surface area (Å²) < 4.78 is 7.89. The third kappa shape index (κ3) is 6.25. The second-order valence-corrected chi connectivity index (χ2v) is 9.59. The maximum atomic E-state index is 12.6. The molecule has 1 aromatic heterocycles. The molecule has 33 heavy (non-hydrogen) atoms.